The van der Waals surface area contributed by atoms with Crippen LogP contribution in [0.3, 0.4) is 0 Å². The quantitative estimate of drug-likeness (QED) is 0.570. The van der Waals surface area contributed by atoms with Crippen LogP contribution in [0.2, 0.25) is 0 Å². The number of halogens is 2. The largest absolute Gasteiger partial charge is 0.368 e. The van der Waals surface area contributed by atoms with E-state index in [1.54, 1.807) is 24.3 Å². The molecule has 1 aliphatic heterocycles. The molecule has 7 nitrogen and oxygen atoms in total. The molecule has 1 unspecified atom stereocenters. The Morgan fingerprint density at radius 2 is 1.85 bits per heavy atom. The molecule has 0 radical (unpaired) electrons. The summed E-state index contributed by atoms with van der Waals surface area (Å²) in [6.45, 7) is 2.51. The zero-order valence-corrected chi connectivity index (χ0v) is 19.9. The van der Waals surface area contributed by atoms with Crippen molar-refractivity contribution in [1.82, 2.24) is 4.98 Å². The van der Waals surface area contributed by atoms with Gasteiger partial charge < -0.3 is 16.4 Å². The Labute approximate surface area is 203 Å². The van der Waals surface area contributed by atoms with Crippen LogP contribution in [0.15, 0.2) is 35.4 Å². The minimum Gasteiger partial charge on any atom is -0.368 e. The molecule has 2 aromatic rings. The van der Waals surface area contributed by atoms with E-state index in [1.807, 2.05) is 17.9 Å². The van der Waals surface area contributed by atoms with Crippen LogP contribution in [0.1, 0.15) is 47.3 Å². The minimum atomic E-state index is -1.43. The molecule has 2 heterocycles. The highest BCUT2D eigenvalue weighted by Crippen LogP contribution is 2.40. The maximum atomic E-state index is 14.6. The van der Waals surface area contributed by atoms with Crippen molar-refractivity contribution in [3.8, 4) is 12.1 Å². The number of amides is 1. The molecule has 1 fully saturated rings. The summed E-state index contributed by atoms with van der Waals surface area (Å²) >= 11 is 1.09. The summed E-state index contributed by atoms with van der Waals surface area (Å²) in [5.41, 5.74) is 11.7. The van der Waals surface area contributed by atoms with E-state index in [2.05, 4.69) is 17.1 Å². The maximum Gasteiger partial charge on any atom is 0.235 e. The van der Waals surface area contributed by atoms with Crippen molar-refractivity contribution >= 4 is 35.9 Å². The zero-order chi connectivity index (χ0) is 23.3. The molecule has 1 amide bonds. The van der Waals surface area contributed by atoms with Gasteiger partial charge in [-0.3, -0.25) is 4.79 Å². The number of hydrogen-bond acceptors (Lipinski definition) is 7. The average Bonchev–Trinajstić information content (AvgIpc) is 2.82. The Morgan fingerprint density at radius 1 is 1.24 bits per heavy atom. The Hall–Kier alpha value is -2.85. The van der Waals surface area contributed by atoms with E-state index in [0.717, 1.165) is 11.8 Å². The lowest BCUT2D eigenvalue weighted by Crippen LogP contribution is -2.46. The van der Waals surface area contributed by atoms with Gasteiger partial charge >= 0.3 is 0 Å². The molecular formula is C23H26ClFN6OS. The lowest BCUT2D eigenvalue weighted by molar-refractivity contribution is -0.117. The van der Waals surface area contributed by atoms with Gasteiger partial charge in [0.1, 0.15) is 33.9 Å². The molecule has 174 valence electrons. The Kier molecular flexibility index (Phi) is 9.07. The Morgan fingerprint density at radius 3 is 2.33 bits per heavy atom. The van der Waals surface area contributed by atoms with Gasteiger partial charge in [-0.1, -0.05) is 49.0 Å². The van der Waals surface area contributed by atoms with Crippen LogP contribution >= 0.6 is 24.2 Å². The number of nitrogens with two attached hydrogens (primary N) is 2. The first-order chi connectivity index (χ1) is 15.4. The number of benzene rings is 1. The predicted octanol–water partition coefficient (Wildman–Crippen LogP) is 3.40. The number of thioether (sulfide) groups is 1. The fraction of sp³-hybridized carbons (Fsp3) is 0.391. The van der Waals surface area contributed by atoms with Gasteiger partial charge in [-0.2, -0.15) is 10.5 Å². The normalized spacial score (nSPS) is 15.6. The summed E-state index contributed by atoms with van der Waals surface area (Å²) in [5, 5.41) is 19.3. The number of rotatable bonds is 7. The third-order valence-electron chi connectivity index (χ3n) is 5.74. The van der Waals surface area contributed by atoms with Gasteiger partial charge in [0.15, 0.2) is 0 Å². The summed E-state index contributed by atoms with van der Waals surface area (Å²) in [5.74, 6) is -0.153. The summed E-state index contributed by atoms with van der Waals surface area (Å²) in [4.78, 5) is 18.8. The molecule has 0 aliphatic carbocycles. The molecule has 0 spiro atoms. The molecule has 0 saturated carbocycles. The number of piperidine rings is 1. The van der Waals surface area contributed by atoms with Crippen LogP contribution in [0.25, 0.3) is 0 Å². The van der Waals surface area contributed by atoms with Crippen molar-refractivity contribution < 1.29 is 9.18 Å². The second-order valence-corrected chi connectivity index (χ2v) is 8.79. The number of alkyl halides is 1. The van der Waals surface area contributed by atoms with E-state index in [4.69, 9.17) is 11.5 Å². The van der Waals surface area contributed by atoms with Gasteiger partial charge in [0.25, 0.3) is 0 Å². The molecule has 1 saturated heterocycles. The topological polar surface area (TPSA) is 133 Å². The molecule has 3 rings (SSSR count). The number of aromatic nitrogens is 1. The summed E-state index contributed by atoms with van der Waals surface area (Å²) in [6, 6.07) is 13.4. The third kappa shape index (κ3) is 5.56. The van der Waals surface area contributed by atoms with Crippen LogP contribution in [-0.4, -0.2) is 36.2 Å². The Balaban J connectivity index is 0.00000385. The molecular weight excluding hydrogens is 463 g/mol. The van der Waals surface area contributed by atoms with E-state index < -0.39 is 16.8 Å². The lowest BCUT2D eigenvalue weighted by Gasteiger charge is -2.37. The van der Waals surface area contributed by atoms with Crippen molar-refractivity contribution in [3.63, 3.8) is 0 Å². The number of carbonyl (C=O) groups excluding carboxylic acids is 1. The number of hydrogen-bond donors (Lipinski definition) is 2. The molecule has 4 N–H and O–H groups in total. The second-order valence-electron chi connectivity index (χ2n) is 7.70. The van der Waals surface area contributed by atoms with Crippen LogP contribution < -0.4 is 16.4 Å². The molecule has 1 aromatic carbocycles. The summed E-state index contributed by atoms with van der Waals surface area (Å²) in [7, 11) is 0. The number of nitriles is 2. The predicted molar refractivity (Wildman–Crippen MR) is 129 cm³/mol. The maximum absolute atomic E-state index is 14.6. The molecule has 1 atom stereocenters. The van der Waals surface area contributed by atoms with Gasteiger partial charge in [0.05, 0.1) is 11.1 Å². The highest BCUT2D eigenvalue weighted by Gasteiger charge is 2.35. The first-order valence-electron chi connectivity index (χ1n) is 10.4. The van der Waals surface area contributed by atoms with E-state index in [-0.39, 0.29) is 37.4 Å². The number of primary amides is 1. The average molecular weight is 489 g/mol. The molecule has 33 heavy (non-hydrogen) atoms. The molecule has 1 aliphatic rings. The second kappa shape index (κ2) is 11.3. The van der Waals surface area contributed by atoms with Crippen molar-refractivity contribution in [1.29, 1.82) is 10.5 Å². The fourth-order valence-electron chi connectivity index (χ4n) is 3.85. The van der Waals surface area contributed by atoms with Gasteiger partial charge in [0, 0.05) is 32.5 Å². The van der Waals surface area contributed by atoms with Crippen LogP contribution in [-0.2, 0) is 11.2 Å². The standard InChI is InChI=1S/C23H25FN6OS.ClH/c1-2-16-17(12-25)21(30-10-8-23(24,14-27)9-11-30)29-22(18(16)13-26)32-19(20(28)31)15-6-4-3-5-7-15;/h3-7,19H,2,8-11,14,27H2,1H3,(H2,28,31);1H. The lowest BCUT2D eigenvalue weighted by atomic mass is 9.93. The first kappa shape index (κ1) is 26.4. The van der Waals surface area contributed by atoms with Crippen molar-refractivity contribution in [2.24, 2.45) is 11.5 Å². The van der Waals surface area contributed by atoms with E-state index in [0.29, 0.717) is 47.0 Å². The third-order valence-corrected chi connectivity index (χ3v) is 7.00. The van der Waals surface area contributed by atoms with E-state index in [9.17, 15) is 19.7 Å². The van der Waals surface area contributed by atoms with Gasteiger partial charge in [0.2, 0.25) is 5.91 Å². The number of anilines is 1. The Bertz CT molecular complexity index is 1080. The molecule has 10 heteroatoms. The van der Waals surface area contributed by atoms with Crippen LogP contribution in [0, 0.1) is 22.7 Å². The van der Waals surface area contributed by atoms with Gasteiger partial charge in [-0.15, -0.1) is 12.4 Å². The molecule has 1 aromatic heterocycles. The van der Waals surface area contributed by atoms with Crippen LogP contribution in [0.5, 0.6) is 0 Å². The molecule has 0 bridgehead atoms. The number of pyridine rings is 1. The number of carbonyl (C=O) groups is 1. The van der Waals surface area contributed by atoms with Crippen molar-refractivity contribution in [2.45, 2.75) is 42.1 Å². The monoisotopic (exact) mass is 488 g/mol. The van der Waals surface area contributed by atoms with E-state index >= 15 is 0 Å². The minimum absolute atomic E-state index is 0. The van der Waals surface area contributed by atoms with E-state index in [1.165, 1.54) is 0 Å². The zero-order valence-electron chi connectivity index (χ0n) is 18.3. The highest BCUT2D eigenvalue weighted by molar-refractivity contribution is 8.00. The number of nitrogens with zero attached hydrogens (tertiary/aromatic N) is 4. The van der Waals surface area contributed by atoms with Crippen LogP contribution in [0.4, 0.5) is 10.2 Å². The summed E-state index contributed by atoms with van der Waals surface area (Å²) in [6.07, 6.45) is 0.896. The van der Waals surface area contributed by atoms with Gasteiger partial charge in [-0.25, -0.2) is 9.37 Å². The highest BCUT2D eigenvalue weighted by atomic mass is 35.5. The first-order valence-corrected chi connectivity index (χ1v) is 11.3. The summed E-state index contributed by atoms with van der Waals surface area (Å²) < 4.78 is 14.6. The van der Waals surface area contributed by atoms with Crippen molar-refractivity contribution in [2.75, 3.05) is 24.5 Å². The van der Waals surface area contributed by atoms with Gasteiger partial charge in [-0.05, 0) is 17.5 Å². The van der Waals surface area contributed by atoms with Crippen molar-refractivity contribution in [3.05, 3.63) is 52.6 Å². The SMILES string of the molecule is CCc1c(C#N)c(SC(C(N)=O)c2ccccc2)nc(N2CCC(F)(CN)CC2)c1C#N.Cl. The smallest absolute Gasteiger partial charge is 0.235 e. The fourth-order valence-corrected chi connectivity index (χ4v) is 4.91.